The molecular formula is C16H12N2O7S. The summed E-state index contributed by atoms with van der Waals surface area (Å²) in [6, 6.07) is 9.35. The topological polar surface area (TPSA) is 133 Å². The fraction of sp³-hybridized carbons (Fsp3) is 0.0625. The maximum Gasteiger partial charge on any atom is 0.363 e. The Bertz CT molecular complexity index is 1010. The average molecular weight is 376 g/mol. The van der Waals surface area contributed by atoms with Crippen molar-refractivity contribution in [3.63, 3.8) is 0 Å². The Labute approximate surface area is 147 Å². The molecule has 0 fully saturated rings. The van der Waals surface area contributed by atoms with Crippen molar-refractivity contribution in [2.75, 3.05) is 7.11 Å². The number of nitrogens with zero attached hydrogens (tertiary/aromatic N) is 1. The van der Waals surface area contributed by atoms with Crippen LogP contribution in [0.15, 0.2) is 47.4 Å². The van der Waals surface area contributed by atoms with Crippen molar-refractivity contribution in [3.05, 3.63) is 59.2 Å². The van der Waals surface area contributed by atoms with E-state index >= 15 is 0 Å². The predicted octanol–water partition coefficient (Wildman–Crippen LogP) is 0.711. The summed E-state index contributed by atoms with van der Waals surface area (Å²) in [5.41, 5.74) is -0.0260. The molecule has 0 radical (unpaired) electrons. The maximum absolute atomic E-state index is 12.3. The Morgan fingerprint density at radius 3 is 2.12 bits per heavy atom. The molecule has 1 aliphatic heterocycles. The molecule has 134 valence electrons. The number of fused-ring (bicyclic) bond motifs is 1. The third-order valence-corrected chi connectivity index (χ3v) is 4.57. The third-order valence-electron chi connectivity index (χ3n) is 3.64. The van der Waals surface area contributed by atoms with Gasteiger partial charge < -0.3 is 9.57 Å². The Morgan fingerprint density at radius 1 is 1.04 bits per heavy atom. The highest BCUT2D eigenvalue weighted by Crippen LogP contribution is 2.26. The number of sulfonamides is 1. The van der Waals surface area contributed by atoms with Gasteiger partial charge in [0.1, 0.15) is 10.6 Å². The first-order valence-electron chi connectivity index (χ1n) is 7.15. The van der Waals surface area contributed by atoms with Crippen LogP contribution < -0.4 is 9.88 Å². The van der Waals surface area contributed by atoms with Crippen LogP contribution in [0.2, 0.25) is 0 Å². The van der Waals surface area contributed by atoms with Gasteiger partial charge in [-0.05, 0) is 30.3 Å². The number of hydrogen-bond acceptors (Lipinski definition) is 7. The van der Waals surface area contributed by atoms with Crippen LogP contribution in [0.4, 0.5) is 0 Å². The van der Waals surface area contributed by atoms with Gasteiger partial charge in [0.05, 0.1) is 23.8 Å². The summed E-state index contributed by atoms with van der Waals surface area (Å²) in [6.45, 7) is 0. The van der Waals surface area contributed by atoms with Gasteiger partial charge in [-0.1, -0.05) is 17.2 Å². The lowest BCUT2D eigenvalue weighted by Crippen LogP contribution is -2.32. The van der Waals surface area contributed by atoms with Gasteiger partial charge in [0.25, 0.3) is 11.8 Å². The summed E-state index contributed by atoms with van der Waals surface area (Å²) in [4.78, 5) is 41.1. The summed E-state index contributed by atoms with van der Waals surface area (Å²) in [5, 5.41) is 5.42. The van der Waals surface area contributed by atoms with E-state index in [4.69, 9.17) is 14.7 Å². The number of imide groups is 1. The molecular weight excluding hydrogens is 364 g/mol. The highest BCUT2D eigenvalue weighted by Gasteiger charge is 2.38. The van der Waals surface area contributed by atoms with Crippen LogP contribution in [-0.2, 0) is 14.9 Å². The first-order chi connectivity index (χ1) is 12.2. The fourth-order valence-electron chi connectivity index (χ4n) is 2.41. The van der Waals surface area contributed by atoms with E-state index in [0.29, 0.717) is 5.06 Å². The van der Waals surface area contributed by atoms with Crippen LogP contribution in [-0.4, -0.2) is 38.4 Å². The van der Waals surface area contributed by atoms with E-state index in [-0.39, 0.29) is 22.4 Å². The molecule has 1 aliphatic rings. The van der Waals surface area contributed by atoms with E-state index in [1.165, 1.54) is 31.4 Å². The SMILES string of the molecule is COc1ccc(C(=O)ON2C(=O)c3ccccc3C2=O)cc1S(N)(=O)=O. The molecule has 0 saturated heterocycles. The quantitative estimate of drug-likeness (QED) is 0.777. The molecule has 26 heavy (non-hydrogen) atoms. The maximum atomic E-state index is 12.3. The Hall–Kier alpha value is -3.24. The molecule has 0 atom stereocenters. The number of amides is 2. The van der Waals surface area contributed by atoms with E-state index in [9.17, 15) is 22.8 Å². The zero-order valence-corrected chi connectivity index (χ0v) is 14.1. The van der Waals surface area contributed by atoms with Gasteiger partial charge in [-0.3, -0.25) is 9.59 Å². The van der Waals surface area contributed by atoms with Gasteiger partial charge in [-0.15, -0.1) is 0 Å². The van der Waals surface area contributed by atoms with E-state index in [0.717, 1.165) is 6.07 Å². The second-order valence-electron chi connectivity index (χ2n) is 5.24. The molecule has 0 bridgehead atoms. The molecule has 0 spiro atoms. The zero-order chi connectivity index (χ0) is 19.1. The van der Waals surface area contributed by atoms with Crippen LogP contribution in [0.25, 0.3) is 0 Å². The van der Waals surface area contributed by atoms with Crippen molar-refractivity contribution in [3.8, 4) is 5.75 Å². The summed E-state index contributed by atoms with van der Waals surface area (Å²) >= 11 is 0. The van der Waals surface area contributed by atoms with Crippen molar-refractivity contribution >= 4 is 27.8 Å². The van der Waals surface area contributed by atoms with E-state index in [2.05, 4.69) is 0 Å². The summed E-state index contributed by atoms with van der Waals surface area (Å²) in [7, 11) is -2.94. The highest BCUT2D eigenvalue weighted by atomic mass is 32.2. The van der Waals surface area contributed by atoms with E-state index in [1.807, 2.05) is 0 Å². The second-order valence-corrected chi connectivity index (χ2v) is 6.77. The first-order valence-corrected chi connectivity index (χ1v) is 8.69. The van der Waals surface area contributed by atoms with Crippen molar-refractivity contribution in [1.29, 1.82) is 0 Å². The lowest BCUT2D eigenvalue weighted by molar-refractivity contribution is -0.0584. The monoisotopic (exact) mass is 376 g/mol. The molecule has 0 aromatic heterocycles. The number of benzene rings is 2. The Balaban J connectivity index is 1.90. The molecule has 9 nitrogen and oxygen atoms in total. The summed E-state index contributed by atoms with van der Waals surface area (Å²) in [6.07, 6.45) is 0. The summed E-state index contributed by atoms with van der Waals surface area (Å²) < 4.78 is 28.1. The molecule has 0 saturated carbocycles. The molecule has 10 heteroatoms. The summed E-state index contributed by atoms with van der Waals surface area (Å²) in [5.74, 6) is -2.75. The van der Waals surface area contributed by atoms with Crippen molar-refractivity contribution in [2.24, 2.45) is 5.14 Å². The van der Waals surface area contributed by atoms with Crippen LogP contribution in [0.5, 0.6) is 5.75 Å². The second kappa shape index (κ2) is 6.24. The van der Waals surface area contributed by atoms with Crippen molar-refractivity contribution in [2.45, 2.75) is 4.90 Å². The van der Waals surface area contributed by atoms with Gasteiger partial charge in [-0.2, -0.15) is 0 Å². The van der Waals surface area contributed by atoms with Gasteiger partial charge in [0.15, 0.2) is 0 Å². The Kier molecular flexibility index (Phi) is 4.22. The number of hydrogen-bond donors (Lipinski definition) is 1. The molecule has 1 heterocycles. The van der Waals surface area contributed by atoms with Crippen LogP contribution in [0, 0.1) is 0 Å². The number of primary sulfonamides is 1. The van der Waals surface area contributed by atoms with Crippen molar-refractivity contribution < 1.29 is 32.4 Å². The lowest BCUT2D eigenvalue weighted by atomic mass is 10.1. The van der Waals surface area contributed by atoms with E-state index < -0.39 is 32.7 Å². The van der Waals surface area contributed by atoms with Crippen molar-refractivity contribution in [1.82, 2.24) is 5.06 Å². The normalized spacial score (nSPS) is 13.5. The number of nitrogens with two attached hydrogens (primary N) is 1. The standard InChI is InChI=1S/C16H12N2O7S/c1-24-12-7-6-9(8-13(12)26(17,22)23)16(21)25-18-14(19)10-4-2-3-5-11(10)15(18)20/h2-8H,1H3,(H2,17,22,23). The smallest absolute Gasteiger partial charge is 0.363 e. The highest BCUT2D eigenvalue weighted by molar-refractivity contribution is 7.89. The number of carbonyl (C=O) groups excluding carboxylic acids is 3. The minimum Gasteiger partial charge on any atom is -0.495 e. The first kappa shape index (κ1) is 17.6. The third kappa shape index (κ3) is 2.91. The molecule has 3 rings (SSSR count). The minimum absolute atomic E-state index is 0.0650. The van der Waals surface area contributed by atoms with Gasteiger partial charge in [0, 0.05) is 0 Å². The molecule has 2 aromatic carbocycles. The molecule has 0 unspecified atom stereocenters. The zero-order valence-electron chi connectivity index (χ0n) is 13.3. The van der Waals surface area contributed by atoms with Gasteiger partial charge >= 0.3 is 5.97 Å². The van der Waals surface area contributed by atoms with Crippen LogP contribution >= 0.6 is 0 Å². The van der Waals surface area contributed by atoms with Crippen LogP contribution in [0.3, 0.4) is 0 Å². The largest absolute Gasteiger partial charge is 0.495 e. The fourth-order valence-corrected chi connectivity index (χ4v) is 3.13. The number of ether oxygens (including phenoxy) is 1. The average Bonchev–Trinajstić information content (AvgIpc) is 2.85. The van der Waals surface area contributed by atoms with Gasteiger partial charge in [-0.25, -0.2) is 18.4 Å². The Morgan fingerprint density at radius 2 is 1.62 bits per heavy atom. The number of methoxy groups -OCH3 is 1. The molecule has 0 aliphatic carbocycles. The number of hydroxylamine groups is 2. The number of rotatable bonds is 4. The lowest BCUT2D eigenvalue weighted by Gasteiger charge is -2.13. The number of carbonyl (C=O) groups is 3. The molecule has 2 amide bonds. The molecule has 2 N–H and O–H groups in total. The molecule has 2 aromatic rings. The van der Waals surface area contributed by atoms with E-state index in [1.54, 1.807) is 12.1 Å². The minimum atomic E-state index is -4.17. The predicted molar refractivity (Wildman–Crippen MR) is 86.7 cm³/mol. The van der Waals surface area contributed by atoms with Gasteiger partial charge in [0.2, 0.25) is 10.0 Å². The van der Waals surface area contributed by atoms with Crippen LogP contribution in [0.1, 0.15) is 31.1 Å².